The molecule has 79 heavy (non-hydrogen) atoms. The molecule has 21 nitrogen and oxygen atoms in total. The molecule has 0 aliphatic heterocycles. The number of carbonyl (C=O) groups excluding carboxylic acids is 5. The van der Waals surface area contributed by atoms with E-state index < -0.39 is 11.9 Å². The molecule has 0 aliphatic carbocycles. The molecule has 0 spiro atoms. The zero-order valence-corrected chi connectivity index (χ0v) is 44.4. The maximum Gasteiger partial charge on any atom is 0.335 e. The van der Waals surface area contributed by atoms with Gasteiger partial charge in [-0.25, -0.2) is 14.6 Å². The molecule has 7 aromatic rings. The molecular formula is C58H62N8O13. The number of methoxy groups -OCH3 is 1. The van der Waals surface area contributed by atoms with Crippen LogP contribution in [0.25, 0.3) is 0 Å². The van der Waals surface area contributed by atoms with Crippen LogP contribution in [-0.4, -0.2) is 109 Å². The van der Waals surface area contributed by atoms with Crippen LogP contribution in [0.15, 0.2) is 152 Å². The van der Waals surface area contributed by atoms with Crippen LogP contribution in [-0.2, 0) is 25.7 Å². The van der Waals surface area contributed by atoms with Crippen molar-refractivity contribution < 1.29 is 62.7 Å². The van der Waals surface area contributed by atoms with Gasteiger partial charge >= 0.3 is 11.9 Å². The summed E-state index contributed by atoms with van der Waals surface area (Å²) >= 11 is 0. The van der Waals surface area contributed by atoms with E-state index >= 15 is 0 Å². The maximum atomic E-state index is 12.2. The molecule has 412 valence electrons. The smallest absolute Gasteiger partial charge is 0.335 e. The molecule has 1 heterocycles. The number of hydrogen-bond donors (Lipinski definition) is 7. The number of carboxylic acids is 2. The van der Waals surface area contributed by atoms with Crippen molar-refractivity contribution in [1.82, 2.24) is 14.9 Å². The van der Waals surface area contributed by atoms with E-state index in [1.54, 1.807) is 112 Å². The number of carboxylic acid groups (broad SMARTS) is 2. The Morgan fingerprint density at radius 1 is 0.595 bits per heavy atom. The number of nitrogens with one attached hydrogen (secondary N) is 5. The van der Waals surface area contributed by atoms with Gasteiger partial charge in [-0.1, -0.05) is 12.1 Å². The number of aromatic nitrogens is 2. The van der Waals surface area contributed by atoms with Gasteiger partial charge < -0.3 is 65.2 Å². The number of aromatic carboxylic acids is 2. The zero-order valence-electron chi connectivity index (χ0n) is 44.4. The molecule has 0 saturated heterocycles. The van der Waals surface area contributed by atoms with E-state index in [2.05, 4.69) is 31.6 Å². The van der Waals surface area contributed by atoms with Gasteiger partial charge in [-0.05, 0) is 153 Å². The van der Waals surface area contributed by atoms with E-state index in [1.165, 1.54) is 31.2 Å². The Labute approximate surface area is 456 Å². The van der Waals surface area contributed by atoms with Gasteiger partial charge in [-0.3, -0.25) is 24.0 Å². The lowest BCUT2D eigenvalue weighted by molar-refractivity contribution is -0.118. The second-order valence-electron chi connectivity index (χ2n) is 17.4. The number of ether oxygens (including phenoxy) is 4. The molecule has 1 aromatic heterocycles. The number of carbonyl (C=O) groups is 7. The van der Waals surface area contributed by atoms with Crippen LogP contribution >= 0.6 is 0 Å². The lowest BCUT2D eigenvalue weighted by Gasteiger charge is -2.13. The molecule has 0 bridgehead atoms. The number of amides is 5. The first kappa shape index (κ1) is 59.7. The second-order valence-corrected chi connectivity index (χ2v) is 17.4. The molecule has 0 atom stereocenters. The van der Waals surface area contributed by atoms with Gasteiger partial charge in [0.1, 0.15) is 23.0 Å². The van der Waals surface area contributed by atoms with Crippen molar-refractivity contribution >= 4 is 69.9 Å². The van der Waals surface area contributed by atoms with Crippen LogP contribution in [0.5, 0.6) is 23.0 Å². The Bertz CT molecular complexity index is 3170. The van der Waals surface area contributed by atoms with E-state index in [0.717, 1.165) is 18.7 Å². The number of nitrogens with zero attached hydrogens (tertiary/aromatic N) is 3. The highest BCUT2D eigenvalue weighted by Gasteiger charge is 2.13. The summed E-state index contributed by atoms with van der Waals surface area (Å²) < 4.78 is 23.4. The molecule has 0 saturated carbocycles. The topological polar surface area (TPSA) is 278 Å². The van der Waals surface area contributed by atoms with Gasteiger partial charge in [-0.15, -0.1) is 0 Å². The van der Waals surface area contributed by atoms with Crippen molar-refractivity contribution in [3.63, 3.8) is 0 Å². The average molecular weight is 1080 g/mol. The van der Waals surface area contributed by atoms with Gasteiger partial charge in [0.05, 0.1) is 30.3 Å². The number of aryl methyl sites for hydroxylation is 3. The second kappa shape index (κ2) is 30.4. The highest BCUT2D eigenvalue weighted by Crippen LogP contribution is 2.24. The summed E-state index contributed by atoms with van der Waals surface area (Å²) in [6, 6.07) is 37.0. The summed E-state index contributed by atoms with van der Waals surface area (Å²) in [4.78, 5) is 86.9. The van der Waals surface area contributed by atoms with Crippen LogP contribution in [0.1, 0.15) is 55.5 Å². The number of hydrogen-bond acceptors (Lipinski definition) is 13. The Morgan fingerprint density at radius 3 is 1.54 bits per heavy atom. The number of benzene rings is 6. The molecule has 5 amide bonds. The first-order valence-corrected chi connectivity index (χ1v) is 24.4. The van der Waals surface area contributed by atoms with Crippen molar-refractivity contribution in [3.8, 4) is 23.0 Å². The summed E-state index contributed by atoms with van der Waals surface area (Å²) in [7, 11) is 5.43. The fourth-order valence-corrected chi connectivity index (χ4v) is 7.08. The average Bonchev–Trinajstić information content (AvgIpc) is 3.96. The molecule has 6 aromatic carbocycles. The lowest BCUT2D eigenvalue weighted by atomic mass is 10.1. The molecule has 21 heteroatoms. The van der Waals surface area contributed by atoms with Gasteiger partial charge in [0, 0.05) is 74.8 Å². The molecular weight excluding hydrogens is 1020 g/mol. The van der Waals surface area contributed by atoms with Crippen molar-refractivity contribution in [2.75, 3.05) is 73.7 Å². The number of para-hydroxylation sites is 2. The minimum absolute atomic E-state index is 0.151. The van der Waals surface area contributed by atoms with Crippen LogP contribution < -0.4 is 50.4 Å². The van der Waals surface area contributed by atoms with E-state index in [4.69, 9.17) is 29.2 Å². The van der Waals surface area contributed by atoms with E-state index in [1.807, 2.05) is 60.1 Å². The summed E-state index contributed by atoms with van der Waals surface area (Å²) in [5.74, 6) is -1.32. The summed E-state index contributed by atoms with van der Waals surface area (Å²) in [6.07, 6.45) is 6.17. The SMILES string of the molecule is CC(=O)Nc1ccc(NC(=O)COc2ccc(C(=O)O)c(C)c2)cc1.COc1ccccc1NC(=O)COc1ccc(C(=O)NCCCn2ccnc2)cc1.Cc1cc(OCC(=O)Nc2ccc(N(C)C)cc2)ccc1C(=O)O. The van der Waals surface area contributed by atoms with Gasteiger partial charge in [0.15, 0.2) is 19.8 Å². The monoisotopic (exact) mass is 1080 g/mol. The Hall–Kier alpha value is -10.2. The summed E-state index contributed by atoms with van der Waals surface area (Å²) in [5.41, 5.74) is 5.58. The first-order valence-electron chi connectivity index (χ1n) is 24.4. The van der Waals surface area contributed by atoms with Crippen LogP contribution in [0.3, 0.4) is 0 Å². The normalized spacial score (nSPS) is 10.2. The third kappa shape index (κ3) is 20.5. The predicted molar refractivity (Wildman–Crippen MR) is 299 cm³/mol. The van der Waals surface area contributed by atoms with Crippen LogP contribution in [0.4, 0.5) is 28.4 Å². The third-order valence-corrected chi connectivity index (χ3v) is 11.1. The quantitative estimate of drug-likeness (QED) is 0.0315. The van der Waals surface area contributed by atoms with Gasteiger partial charge in [0.2, 0.25) is 5.91 Å². The molecule has 0 radical (unpaired) electrons. The first-order chi connectivity index (χ1) is 37.9. The van der Waals surface area contributed by atoms with Gasteiger partial charge in [-0.2, -0.15) is 0 Å². The van der Waals surface area contributed by atoms with E-state index in [9.17, 15) is 33.6 Å². The maximum absolute atomic E-state index is 12.2. The summed E-state index contributed by atoms with van der Waals surface area (Å²) in [6.45, 7) is 5.61. The number of imidazole rings is 1. The van der Waals surface area contributed by atoms with Crippen molar-refractivity contribution in [3.05, 3.63) is 180 Å². The molecule has 0 fully saturated rings. The highest BCUT2D eigenvalue weighted by molar-refractivity contribution is 5.96. The Balaban J connectivity index is 0.000000220. The number of anilines is 5. The minimum Gasteiger partial charge on any atom is -0.495 e. The standard InChI is InChI=1S/C22H24N4O4.C18H18N2O5.C18H20N2O4/c1-29-20-6-3-2-5-19(20)25-21(27)15-30-18-9-7-17(8-10-18)22(28)24-11-4-13-26-14-12-23-16-26;1-11-9-15(7-8-16(11)18(23)24)25-10-17(22)20-14-5-3-13(4-6-14)19-12(2)21;1-12-10-15(8-9-16(12)18(22)23)24-11-17(21)19-13-4-6-14(7-5-13)20(2)3/h2-3,5-10,12,14,16H,4,11,13,15H2,1H3,(H,24,28)(H,25,27);3-9H,10H2,1-2H3,(H,19,21)(H,20,22)(H,23,24);4-10H,11H2,1-3H3,(H,19,21)(H,22,23). The fraction of sp³-hybridized carbons (Fsp3) is 0.207. The molecule has 0 aliphatic rings. The largest absolute Gasteiger partial charge is 0.495 e. The zero-order chi connectivity index (χ0) is 57.3. The minimum atomic E-state index is -1.01. The fourth-order valence-electron chi connectivity index (χ4n) is 7.08. The Kier molecular flexibility index (Phi) is 23.0. The summed E-state index contributed by atoms with van der Waals surface area (Å²) in [5, 5.41) is 31.6. The van der Waals surface area contributed by atoms with E-state index in [0.29, 0.717) is 69.0 Å². The Morgan fingerprint density at radius 2 is 1.08 bits per heavy atom. The number of rotatable bonds is 22. The molecule has 7 N–H and O–H groups in total. The highest BCUT2D eigenvalue weighted by atomic mass is 16.5. The predicted octanol–water partition coefficient (Wildman–Crippen LogP) is 8.18. The van der Waals surface area contributed by atoms with Crippen LogP contribution in [0, 0.1) is 13.8 Å². The van der Waals surface area contributed by atoms with Crippen molar-refractivity contribution in [2.45, 2.75) is 33.7 Å². The lowest BCUT2D eigenvalue weighted by Crippen LogP contribution is -2.25. The molecule has 7 rings (SSSR count). The van der Waals surface area contributed by atoms with Crippen LogP contribution in [0.2, 0.25) is 0 Å². The van der Waals surface area contributed by atoms with E-state index in [-0.39, 0.29) is 60.5 Å². The molecule has 0 unspecified atom stereocenters. The van der Waals surface area contributed by atoms with Crippen molar-refractivity contribution in [1.29, 1.82) is 0 Å². The van der Waals surface area contributed by atoms with Crippen molar-refractivity contribution in [2.24, 2.45) is 0 Å². The van der Waals surface area contributed by atoms with Gasteiger partial charge in [0.25, 0.3) is 23.6 Å². The third-order valence-electron chi connectivity index (χ3n) is 11.1.